The summed E-state index contributed by atoms with van der Waals surface area (Å²) in [4.78, 5) is 24.9. The predicted molar refractivity (Wildman–Crippen MR) is 98.6 cm³/mol. The molecule has 0 aliphatic carbocycles. The van der Waals surface area contributed by atoms with Crippen LogP contribution in [-0.4, -0.2) is 75.5 Å². The molecule has 0 spiro atoms. The summed E-state index contributed by atoms with van der Waals surface area (Å²) in [5.41, 5.74) is 0. The van der Waals surface area contributed by atoms with Crippen molar-refractivity contribution in [2.45, 2.75) is 24.7 Å². The molecule has 3 rings (SSSR count). The zero-order chi connectivity index (χ0) is 20.1. The lowest BCUT2D eigenvalue weighted by Gasteiger charge is -2.33. The van der Waals surface area contributed by atoms with Crippen LogP contribution in [0, 0.1) is 0 Å². The van der Waals surface area contributed by atoms with Crippen LogP contribution in [-0.2, 0) is 24.3 Å². The third kappa shape index (κ3) is 4.56. The first-order valence-corrected chi connectivity index (χ1v) is 10.7. The summed E-state index contributed by atoms with van der Waals surface area (Å²) in [7, 11) is -3.71. The van der Waals surface area contributed by atoms with E-state index in [9.17, 15) is 18.0 Å². The Labute approximate surface area is 164 Å². The zero-order valence-corrected chi connectivity index (χ0v) is 16.6. The van der Waals surface area contributed by atoms with E-state index in [1.54, 1.807) is 13.0 Å². The lowest BCUT2D eigenvalue weighted by molar-refractivity contribution is -0.152. The molecule has 1 saturated heterocycles. The highest BCUT2D eigenvalue weighted by molar-refractivity contribution is 7.89. The molecule has 0 unspecified atom stereocenters. The SMILES string of the molecule is CCC(=O)OCC(=O)N1CCN(S(=O)(=O)c2ccc3c(c2)OCCCO3)CC1. The predicted octanol–water partition coefficient (Wildman–Crippen LogP) is 0.634. The average Bonchev–Trinajstić information content (AvgIpc) is 2.96. The molecule has 10 heteroatoms. The highest BCUT2D eigenvalue weighted by Gasteiger charge is 2.31. The van der Waals surface area contributed by atoms with E-state index >= 15 is 0 Å². The Morgan fingerprint density at radius 1 is 1.07 bits per heavy atom. The Hall–Kier alpha value is -2.33. The summed E-state index contributed by atoms with van der Waals surface area (Å²) in [5, 5.41) is 0. The Morgan fingerprint density at radius 2 is 1.75 bits per heavy atom. The van der Waals surface area contributed by atoms with Crippen LogP contribution in [0.25, 0.3) is 0 Å². The minimum Gasteiger partial charge on any atom is -0.490 e. The topological polar surface area (TPSA) is 102 Å². The first-order valence-electron chi connectivity index (χ1n) is 9.25. The van der Waals surface area contributed by atoms with Crippen LogP contribution in [0.15, 0.2) is 23.1 Å². The van der Waals surface area contributed by atoms with E-state index in [1.807, 2.05) is 0 Å². The fraction of sp³-hybridized carbons (Fsp3) is 0.556. The largest absolute Gasteiger partial charge is 0.490 e. The number of piperazine rings is 1. The Bertz CT molecular complexity index is 832. The standard InChI is InChI=1S/C18H24N2O7S/c1-2-18(22)27-13-17(21)19-6-8-20(9-7-19)28(23,24)14-4-5-15-16(12-14)26-11-3-10-25-15/h4-5,12H,2-3,6-11,13H2,1H3. The third-order valence-corrected chi connectivity index (χ3v) is 6.49. The number of esters is 1. The number of benzene rings is 1. The van der Waals surface area contributed by atoms with Crippen molar-refractivity contribution in [3.63, 3.8) is 0 Å². The number of carbonyl (C=O) groups is 2. The van der Waals surface area contributed by atoms with Crippen LogP contribution in [0.2, 0.25) is 0 Å². The fourth-order valence-electron chi connectivity index (χ4n) is 2.97. The van der Waals surface area contributed by atoms with Gasteiger partial charge in [-0.1, -0.05) is 6.92 Å². The number of ether oxygens (including phenoxy) is 3. The van der Waals surface area contributed by atoms with Crippen molar-refractivity contribution < 1.29 is 32.2 Å². The summed E-state index contributed by atoms with van der Waals surface area (Å²) in [6, 6.07) is 4.59. The number of nitrogens with zero attached hydrogens (tertiary/aromatic N) is 2. The average molecular weight is 412 g/mol. The van der Waals surface area contributed by atoms with Gasteiger partial charge in [-0.15, -0.1) is 0 Å². The summed E-state index contributed by atoms with van der Waals surface area (Å²) in [6.07, 6.45) is 0.940. The normalized spacial score (nSPS) is 17.7. The summed E-state index contributed by atoms with van der Waals surface area (Å²) >= 11 is 0. The van der Waals surface area contributed by atoms with E-state index in [2.05, 4.69) is 0 Å². The second-order valence-corrected chi connectivity index (χ2v) is 8.40. The van der Waals surface area contributed by atoms with Crippen LogP contribution < -0.4 is 9.47 Å². The van der Waals surface area contributed by atoms with Gasteiger partial charge in [0, 0.05) is 45.1 Å². The summed E-state index contributed by atoms with van der Waals surface area (Å²) < 4.78 is 43.2. The van der Waals surface area contributed by atoms with Gasteiger partial charge in [-0.25, -0.2) is 8.42 Å². The number of hydrogen-bond acceptors (Lipinski definition) is 7. The first-order chi connectivity index (χ1) is 13.4. The maximum absolute atomic E-state index is 12.9. The van der Waals surface area contributed by atoms with Gasteiger partial charge in [0.1, 0.15) is 0 Å². The van der Waals surface area contributed by atoms with Gasteiger partial charge < -0.3 is 19.1 Å². The molecule has 1 aromatic rings. The molecule has 1 fully saturated rings. The van der Waals surface area contributed by atoms with Crippen molar-refractivity contribution in [3.05, 3.63) is 18.2 Å². The van der Waals surface area contributed by atoms with Gasteiger partial charge in [0.2, 0.25) is 10.0 Å². The second-order valence-electron chi connectivity index (χ2n) is 6.46. The van der Waals surface area contributed by atoms with Crippen molar-refractivity contribution in [1.29, 1.82) is 0 Å². The van der Waals surface area contributed by atoms with E-state index in [0.29, 0.717) is 24.7 Å². The highest BCUT2D eigenvalue weighted by Crippen LogP contribution is 2.33. The monoisotopic (exact) mass is 412 g/mol. The van der Waals surface area contributed by atoms with Gasteiger partial charge in [-0.2, -0.15) is 4.31 Å². The van der Waals surface area contributed by atoms with E-state index in [4.69, 9.17) is 14.2 Å². The third-order valence-electron chi connectivity index (χ3n) is 4.59. The number of sulfonamides is 1. The molecule has 0 aromatic heterocycles. The Kier molecular flexibility index (Phi) is 6.40. The first kappa shape index (κ1) is 20.4. The molecule has 1 amide bonds. The number of rotatable bonds is 5. The van der Waals surface area contributed by atoms with Crippen molar-refractivity contribution in [1.82, 2.24) is 9.21 Å². The molecule has 154 valence electrons. The van der Waals surface area contributed by atoms with Crippen molar-refractivity contribution in [2.75, 3.05) is 46.0 Å². The lowest BCUT2D eigenvalue weighted by atomic mass is 10.3. The van der Waals surface area contributed by atoms with E-state index < -0.39 is 16.0 Å². The molecule has 0 saturated carbocycles. The lowest BCUT2D eigenvalue weighted by Crippen LogP contribution is -2.51. The Morgan fingerprint density at radius 3 is 2.43 bits per heavy atom. The summed E-state index contributed by atoms with van der Waals surface area (Å²) in [6.45, 7) is 3.16. The molecule has 9 nitrogen and oxygen atoms in total. The van der Waals surface area contributed by atoms with Crippen LogP contribution in [0.1, 0.15) is 19.8 Å². The van der Waals surface area contributed by atoms with Gasteiger partial charge in [0.15, 0.2) is 18.1 Å². The highest BCUT2D eigenvalue weighted by atomic mass is 32.2. The van der Waals surface area contributed by atoms with Crippen LogP contribution in [0.4, 0.5) is 0 Å². The fourth-order valence-corrected chi connectivity index (χ4v) is 4.40. The number of carbonyl (C=O) groups excluding carboxylic acids is 2. The number of hydrogen-bond donors (Lipinski definition) is 0. The van der Waals surface area contributed by atoms with Crippen LogP contribution in [0.5, 0.6) is 11.5 Å². The molecule has 2 aliphatic heterocycles. The van der Waals surface area contributed by atoms with Crippen molar-refractivity contribution >= 4 is 21.9 Å². The maximum Gasteiger partial charge on any atom is 0.306 e. The molecular weight excluding hydrogens is 388 g/mol. The molecule has 0 radical (unpaired) electrons. The molecule has 28 heavy (non-hydrogen) atoms. The minimum atomic E-state index is -3.71. The zero-order valence-electron chi connectivity index (χ0n) is 15.8. The van der Waals surface area contributed by atoms with E-state index in [-0.39, 0.29) is 50.0 Å². The molecular formula is C18H24N2O7S. The van der Waals surface area contributed by atoms with Gasteiger partial charge in [0.05, 0.1) is 18.1 Å². The van der Waals surface area contributed by atoms with Gasteiger partial charge >= 0.3 is 5.97 Å². The van der Waals surface area contributed by atoms with Crippen molar-refractivity contribution in [3.8, 4) is 11.5 Å². The van der Waals surface area contributed by atoms with E-state index in [0.717, 1.165) is 6.42 Å². The number of fused-ring (bicyclic) bond motifs is 1. The minimum absolute atomic E-state index is 0.133. The summed E-state index contributed by atoms with van der Waals surface area (Å²) in [5.74, 6) is 0.192. The Balaban J connectivity index is 1.62. The second kappa shape index (κ2) is 8.78. The maximum atomic E-state index is 12.9. The smallest absolute Gasteiger partial charge is 0.306 e. The van der Waals surface area contributed by atoms with Crippen molar-refractivity contribution in [2.24, 2.45) is 0 Å². The quantitative estimate of drug-likeness (QED) is 0.654. The number of amides is 1. The van der Waals surface area contributed by atoms with Gasteiger partial charge in [-0.05, 0) is 12.1 Å². The van der Waals surface area contributed by atoms with Gasteiger partial charge in [0.25, 0.3) is 5.91 Å². The van der Waals surface area contributed by atoms with Crippen LogP contribution in [0.3, 0.4) is 0 Å². The molecule has 0 atom stereocenters. The van der Waals surface area contributed by atoms with Gasteiger partial charge in [-0.3, -0.25) is 9.59 Å². The molecule has 0 N–H and O–H groups in total. The van der Waals surface area contributed by atoms with Crippen LogP contribution >= 0.6 is 0 Å². The molecule has 0 bridgehead atoms. The molecule has 2 aliphatic rings. The molecule has 2 heterocycles. The molecule has 1 aromatic carbocycles. The van der Waals surface area contributed by atoms with E-state index in [1.165, 1.54) is 21.3 Å².